The minimum atomic E-state index is -3.95. The molecule has 0 radical (unpaired) electrons. The van der Waals surface area contributed by atoms with Gasteiger partial charge in [0.1, 0.15) is 10.5 Å². The molecule has 0 unspecified atom stereocenters. The number of rotatable bonds is 1. The van der Waals surface area contributed by atoms with E-state index >= 15 is 0 Å². The maximum atomic E-state index is 11.4. The zero-order chi connectivity index (χ0) is 11.9. The summed E-state index contributed by atoms with van der Waals surface area (Å²) >= 11 is 5.72. The predicted octanol–water partition coefficient (Wildman–Crippen LogP) is 1.09. The van der Waals surface area contributed by atoms with Crippen LogP contribution >= 0.6 is 11.6 Å². The van der Waals surface area contributed by atoms with E-state index in [4.69, 9.17) is 21.2 Å². The van der Waals surface area contributed by atoms with Gasteiger partial charge in [0.05, 0.1) is 16.7 Å². The summed E-state index contributed by atoms with van der Waals surface area (Å²) in [5.74, 6) is 0. The fourth-order valence-corrected chi connectivity index (χ4v) is 2.39. The second-order valence-electron chi connectivity index (χ2n) is 3.11. The summed E-state index contributed by atoms with van der Waals surface area (Å²) in [7, 11) is -3.95. The van der Waals surface area contributed by atoms with Gasteiger partial charge in [0.25, 0.3) is 0 Å². The Labute approximate surface area is 95.5 Å². The largest absolute Gasteiger partial charge is 0.464 e. The van der Waals surface area contributed by atoms with Gasteiger partial charge in [-0.2, -0.15) is 0 Å². The number of benzene rings is 1. The lowest BCUT2D eigenvalue weighted by Crippen LogP contribution is -2.13. The molecule has 0 spiro atoms. The standard InChI is InChI=1S/C9H6ClNO4S/c10-6-4-8-5(7(12)1-2-15-8)3-9(6)16(11,13)14/h1-4H,(H2,11,13,14). The van der Waals surface area contributed by atoms with Crippen LogP contribution in [0.5, 0.6) is 0 Å². The Morgan fingerprint density at radius 3 is 2.62 bits per heavy atom. The molecule has 0 bridgehead atoms. The molecule has 0 atom stereocenters. The molecule has 1 aromatic carbocycles. The van der Waals surface area contributed by atoms with Gasteiger partial charge in [0.15, 0.2) is 5.43 Å². The molecular formula is C9H6ClNO4S. The molecule has 5 nitrogen and oxygen atoms in total. The van der Waals surface area contributed by atoms with Crippen molar-refractivity contribution in [1.82, 2.24) is 0 Å². The first kappa shape index (κ1) is 11.1. The summed E-state index contributed by atoms with van der Waals surface area (Å²) in [6, 6.07) is 3.54. The molecule has 7 heteroatoms. The molecule has 0 aliphatic carbocycles. The minimum absolute atomic E-state index is 0.0793. The van der Waals surface area contributed by atoms with Gasteiger partial charge >= 0.3 is 0 Å². The lowest BCUT2D eigenvalue weighted by molar-refractivity contribution is 0.596. The lowest BCUT2D eigenvalue weighted by atomic mass is 10.2. The van der Waals surface area contributed by atoms with Crippen molar-refractivity contribution in [1.29, 1.82) is 0 Å². The highest BCUT2D eigenvalue weighted by atomic mass is 35.5. The molecular weight excluding hydrogens is 254 g/mol. The second-order valence-corrected chi connectivity index (χ2v) is 5.05. The van der Waals surface area contributed by atoms with Crippen LogP contribution in [0.1, 0.15) is 0 Å². The van der Waals surface area contributed by atoms with Gasteiger partial charge in [0, 0.05) is 12.1 Å². The average Bonchev–Trinajstić information content (AvgIpc) is 2.15. The number of primary sulfonamides is 1. The summed E-state index contributed by atoms with van der Waals surface area (Å²) < 4.78 is 27.4. The molecule has 0 aliphatic heterocycles. The molecule has 0 aliphatic rings. The summed E-state index contributed by atoms with van der Waals surface area (Å²) in [6.45, 7) is 0. The van der Waals surface area contributed by atoms with Gasteiger partial charge < -0.3 is 4.42 Å². The van der Waals surface area contributed by atoms with Gasteiger partial charge in [-0.3, -0.25) is 4.79 Å². The number of fused-ring (bicyclic) bond motifs is 1. The van der Waals surface area contributed by atoms with Crippen molar-refractivity contribution in [3.8, 4) is 0 Å². The Morgan fingerprint density at radius 1 is 1.31 bits per heavy atom. The van der Waals surface area contributed by atoms with Crippen LogP contribution < -0.4 is 10.6 Å². The smallest absolute Gasteiger partial charge is 0.239 e. The monoisotopic (exact) mass is 259 g/mol. The van der Waals surface area contributed by atoms with Crippen molar-refractivity contribution in [2.75, 3.05) is 0 Å². The Morgan fingerprint density at radius 2 is 2.00 bits per heavy atom. The highest BCUT2D eigenvalue weighted by Gasteiger charge is 2.15. The van der Waals surface area contributed by atoms with Gasteiger partial charge in [0.2, 0.25) is 10.0 Å². The molecule has 2 aromatic rings. The van der Waals surface area contributed by atoms with E-state index in [2.05, 4.69) is 0 Å². The minimum Gasteiger partial charge on any atom is -0.464 e. The molecule has 16 heavy (non-hydrogen) atoms. The molecule has 2 rings (SSSR count). The SMILES string of the molecule is NS(=O)(=O)c1cc2c(=O)ccoc2cc1Cl. The highest BCUT2D eigenvalue weighted by molar-refractivity contribution is 7.89. The normalized spacial score (nSPS) is 11.9. The van der Waals surface area contributed by atoms with Crippen LogP contribution in [0.2, 0.25) is 5.02 Å². The van der Waals surface area contributed by atoms with Crippen molar-refractivity contribution in [3.63, 3.8) is 0 Å². The molecule has 1 aromatic heterocycles. The topological polar surface area (TPSA) is 90.4 Å². The molecule has 0 fully saturated rings. The molecule has 2 N–H and O–H groups in total. The average molecular weight is 260 g/mol. The van der Waals surface area contributed by atoms with E-state index in [0.717, 1.165) is 6.07 Å². The summed E-state index contributed by atoms with van der Waals surface area (Å²) in [5.41, 5.74) is -0.146. The van der Waals surface area contributed by atoms with Gasteiger partial charge in [-0.05, 0) is 6.07 Å². The fourth-order valence-electron chi connectivity index (χ4n) is 1.30. The van der Waals surface area contributed by atoms with Crippen LogP contribution in [-0.2, 0) is 10.0 Å². The zero-order valence-electron chi connectivity index (χ0n) is 7.81. The van der Waals surface area contributed by atoms with E-state index in [-0.39, 0.29) is 26.3 Å². The Hall–Kier alpha value is -1.37. The van der Waals surface area contributed by atoms with Crippen molar-refractivity contribution >= 4 is 32.6 Å². The number of hydrogen-bond donors (Lipinski definition) is 1. The zero-order valence-corrected chi connectivity index (χ0v) is 9.38. The fraction of sp³-hybridized carbons (Fsp3) is 0. The first-order valence-corrected chi connectivity index (χ1v) is 6.06. The number of sulfonamides is 1. The number of hydrogen-bond acceptors (Lipinski definition) is 4. The van der Waals surface area contributed by atoms with Gasteiger partial charge in [-0.15, -0.1) is 0 Å². The first-order valence-electron chi connectivity index (χ1n) is 4.13. The van der Waals surface area contributed by atoms with E-state index in [0.29, 0.717) is 0 Å². The van der Waals surface area contributed by atoms with Crippen LogP contribution in [0, 0.1) is 0 Å². The molecule has 0 saturated heterocycles. The quantitative estimate of drug-likeness (QED) is 0.830. The first-order chi connectivity index (χ1) is 7.39. The molecule has 1 heterocycles. The van der Waals surface area contributed by atoms with E-state index in [1.807, 2.05) is 0 Å². The van der Waals surface area contributed by atoms with E-state index < -0.39 is 10.0 Å². The van der Waals surface area contributed by atoms with Crippen LogP contribution in [0.25, 0.3) is 11.0 Å². The maximum Gasteiger partial charge on any atom is 0.239 e. The van der Waals surface area contributed by atoms with Crippen LogP contribution in [0.4, 0.5) is 0 Å². The van der Waals surface area contributed by atoms with Crippen molar-refractivity contribution in [2.45, 2.75) is 4.90 Å². The van der Waals surface area contributed by atoms with Crippen LogP contribution in [-0.4, -0.2) is 8.42 Å². The lowest BCUT2D eigenvalue weighted by Gasteiger charge is -2.02. The third-order valence-electron chi connectivity index (χ3n) is 2.02. The van der Waals surface area contributed by atoms with E-state index in [1.165, 1.54) is 18.4 Å². The third kappa shape index (κ3) is 1.82. The molecule has 84 valence electrons. The second kappa shape index (κ2) is 3.58. The molecule has 0 saturated carbocycles. The Bertz CT molecular complexity index is 720. The van der Waals surface area contributed by atoms with Crippen molar-refractivity contribution in [3.05, 3.63) is 39.7 Å². The third-order valence-corrected chi connectivity index (χ3v) is 3.40. The van der Waals surface area contributed by atoms with Crippen molar-refractivity contribution in [2.24, 2.45) is 5.14 Å². The van der Waals surface area contributed by atoms with Crippen molar-refractivity contribution < 1.29 is 12.8 Å². The van der Waals surface area contributed by atoms with E-state index in [9.17, 15) is 13.2 Å². The summed E-state index contributed by atoms with van der Waals surface area (Å²) in [5, 5.41) is 5.00. The number of halogens is 1. The van der Waals surface area contributed by atoms with Crippen LogP contribution in [0.3, 0.4) is 0 Å². The van der Waals surface area contributed by atoms with E-state index in [1.54, 1.807) is 0 Å². The highest BCUT2D eigenvalue weighted by Crippen LogP contribution is 2.24. The number of nitrogens with two attached hydrogens (primary N) is 1. The Balaban J connectivity index is 2.96. The van der Waals surface area contributed by atoms with Crippen LogP contribution in [0.15, 0.2) is 38.6 Å². The molecule has 0 amide bonds. The van der Waals surface area contributed by atoms with Gasteiger partial charge in [-0.25, -0.2) is 13.6 Å². The Kier molecular flexibility index (Phi) is 2.49. The summed E-state index contributed by atoms with van der Waals surface area (Å²) in [6.07, 6.45) is 1.21. The maximum absolute atomic E-state index is 11.4. The predicted molar refractivity (Wildman–Crippen MR) is 58.9 cm³/mol. The summed E-state index contributed by atoms with van der Waals surface area (Å²) in [4.78, 5) is 11.1. The van der Waals surface area contributed by atoms with Gasteiger partial charge in [-0.1, -0.05) is 11.6 Å².